The number of halogens is 1. The number of thiazole rings is 1. The first-order valence-electron chi connectivity index (χ1n) is 8.70. The van der Waals surface area contributed by atoms with Crippen LogP contribution in [0.2, 0.25) is 0 Å². The zero-order valence-electron chi connectivity index (χ0n) is 16.0. The van der Waals surface area contributed by atoms with Crippen LogP contribution in [0.1, 0.15) is 36.1 Å². The van der Waals surface area contributed by atoms with Crippen LogP contribution in [0.4, 0.5) is 9.18 Å². The number of urea groups is 1. The lowest BCUT2D eigenvalue weighted by Crippen LogP contribution is -2.45. The topological polar surface area (TPSA) is 97.4 Å². The van der Waals surface area contributed by atoms with Gasteiger partial charge in [0, 0.05) is 12.1 Å². The number of nitrogens with one attached hydrogen (secondary N) is 2. The summed E-state index contributed by atoms with van der Waals surface area (Å²) in [6.45, 7) is 7.28. The van der Waals surface area contributed by atoms with Gasteiger partial charge in [-0.1, -0.05) is 13.8 Å². The minimum Gasteiger partial charge on any atom is -0.448 e. The molecule has 0 saturated heterocycles. The highest BCUT2D eigenvalue weighted by Gasteiger charge is 2.24. The Morgan fingerprint density at radius 3 is 2.43 bits per heavy atom. The van der Waals surface area contributed by atoms with E-state index in [-0.39, 0.29) is 16.6 Å². The van der Waals surface area contributed by atoms with E-state index in [0.29, 0.717) is 22.8 Å². The molecule has 0 fully saturated rings. The number of esters is 1. The lowest BCUT2D eigenvalue weighted by molar-refractivity contribution is -0.127. The van der Waals surface area contributed by atoms with Gasteiger partial charge >= 0.3 is 12.0 Å². The molecule has 3 amide bonds. The van der Waals surface area contributed by atoms with E-state index in [0.717, 1.165) is 11.3 Å². The maximum atomic E-state index is 13.1. The van der Waals surface area contributed by atoms with Crippen LogP contribution in [0.25, 0.3) is 10.6 Å². The number of benzene rings is 1. The molecule has 1 aromatic heterocycles. The van der Waals surface area contributed by atoms with Crippen molar-refractivity contribution >= 4 is 29.2 Å². The molecule has 0 aliphatic heterocycles. The van der Waals surface area contributed by atoms with Gasteiger partial charge < -0.3 is 10.1 Å². The van der Waals surface area contributed by atoms with Gasteiger partial charge in [-0.3, -0.25) is 10.1 Å². The Bertz CT molecular complexity index is 865. The van der Waals surface area contributed by atoms with Gasteiger partial charge in [-0.05, 0) is 44.0 Å². The van der Waals surface area contributed by atoms with Gasteiger partial charge in [-0.15, -0.1) is 11.3 Å². The summed E-state index contributed by atoms with van der Waals surface area (Å²) in [6.07, 6.45) is -1.16. The normalized spacial score (nSPS) is 11.8. The monoisotopic (exact) mass is 407 g/mol. The van der Waals surface area contributed by atoms with Crippen LogP contribution in [0.3, 0.4) is 0 Å². The second-order valence-corrected chi connectivity index (χ2v) is 7.58. The van der Waals surface area contributed by atoms with E-state index in [1.165, 1.54) is 19.1 Å². The first-order chi connectivity index (χ1) is 13.2. The first kappa shape index (κ1) is 21.5. The lowest BCUT2D eigenvalue weighted by Gasteiger charge is -2.13. The van der Waals surface area contributed by atoms with E-state index in [1.807, 2.05) is 13.8 Å². The van der Waals surface area contributed by atoms with Crippen molar-refractivity contribution in [3.05, 3.63) is 40.7 Å². The maximum absolute atomic E-state index is 13.1. The minimum absolute atomic E-state index is 0.237. The molecule has 0 aliphatic carbocycles. The number of nitrogens with zero attached hydrogens (tertiary/aromatic N) is 1. The molecule has 2 N–H and O–H groups in total. The Labute approximate surface area is 166 Å². The van der Waals surface area contributed by atoms with Crippen molar-refractivity contribution < 1.29 is 23.5 Å². The first-order valence-corrected chi connectivity index (χ1v) is 9.52. The maximum Gasteiger partial charge on any atom is 0.351 e. The molecule has 9 heteroatoms. The van der Waals surface area contributed by atoms with Crippen LogP contribution >= 0.6 is 11.3 Å². The Morgan fingerprint density at radius 1 is 1.18 bits per heavy atom. The summed E-state index contributed by atoms with van der Waals surface area (Å²) in [5, 5.41) is 5.21. The molecule has 150 valence electrons. The SMILES string of the molecule is Cc1nc(-c2ccc(F)cc2)sc1C(=O)OC(C)C(=O)NC(=O)NCC(C)C. The zero-order valence-corrected chi connectivity index (χ0v) is 16.9. The molecule has 0 saturated carbocycles. The smallest absolute Gasteiger partial charge is 0.351 e. The van der Waals surface area contributed by atoms with E-state index in [4.69, 9.17) is 4.74 Å². The molecule has 1 unspecified atom stereocenters. The number of hydrogen-bond donors (Lipinski definition) is 2. The number of rotatable bonds is 6. The Hall–Kier alpha value is -2.81. The third-order valence-electron chi connectivity index (χ3n) is 3.63. The van der Waals surface area contributed by atoms with Gasteiger partial charge in [-0.2, -0.15) is 0 Å². The fraction of sp³-hybridized carbons (Fsp3) is 0.368. The zero-order chi connectivity index (χ0) is 20.8. The second kappa shape index (κ2) is 9.41. The third kappa shape index (κ3) is 5.85. The highest BCUT2D eigenvalue weighted by atomic mass is 32.1. The van der Waals surface area contributed by atoms with E-state index in [2.05, 4.69) is 15.6 Å². The molecule has 0 aliphatic rings. The van der Waals surface area contributed by atoms with Crippen molar-refractivity contribution in [2.75, 3.05) is 6.54 Å². The Balaban J connectivity index is 1.99. The number of carbonyl (C=O) groups excluding carboxylic acids is 3. The quantitative estimate of drug-likeness (QED) is 0.716. The third-order valence-corrected chi connectivity index (χ3v) is 4.82. The average molecular weight is 407 g/mol. The molecular formula is C19H22FN3O4S. The molecule has 28 heavy (non-hydrogen) atoms. The highest BCUT2D eigenvalue weighted by molar-refractivity contribution is 7.17. The Morgan fingerprint density at radius 2 is 1.82 bits per heavy atom. The van der Waals surface area contributed by atoms with Crippen molar-refractivity contribution in [2.24, 2.45) is 5.92 Å². The van der Waals surface area contributed by atoms with Gasteiger partial charge in [0.25, 0.3) is 5.91 Å². The number of aromatic nitrogens is 1. The molecule has 2 aromatic rings. The van der Waals surface area contributed by atoms with E-state index in [1.54, 1.807) is 19.1 Å². The van der Waals surface area contributed by atoms with E-state index in [9.17, 15) is 18.8 Å². The van der Waals surface area contributed by atoms with Crippen molar-refractivity contribution in [2.45, 2.75) is 33.8 Å². The molecule has 0 bridgehead atoms. The molecule has 1 aromatic carbocycles. The summed E-state index contributed by atoms with van der Waals surface area (Å²) in [6, 6.07) is 5.10. The fourth-order valence-corrected chi connectivity index (χ4v) is 3.08. The largest absolute Gasteiger partial charge is 0.448 e. The molecule has 0 spiro atoms. The molecule has 0 radical (unpaired) electrons. The minimum atomic E-state index is -1.16. The number of imide groups is 1. The number of hydrogen-bond acceptors (Lipinski definition) is 6. The average Bonchev–Trinajstić information content (AvgIpc) is 3.02. The number of carbonyl (C=O) groups is 3. The predicted octanol–water partition coefficient (Wildman–Crippen LogP) is 3.28. The van der Waals surface area contributed by atoms with Gasteiger partial charge in [0.05, 0.1) is 5.69 Å². The molecule has 7 nitrogen and oxygen atoms in total. The van der Waals surface area contributed by atoms with Crippen molar-refractivity contribution in [3.63, 3.8) is 0 Å². The highest BCUT2D eigenvalue weighted by Crippen LogP contribution is 2.28. The molecular weight excluding hydrogens is 385 g/mol. The summed E-state index contributed by atoms with van der Waals surface area (Å²) in [7, 11) is 0. The fourth-order valence-electron chi connectivity index (χ4n) is 2.12. The summed E-state index contributed by atoms with van der Waals surface area (Å²) in [5.41, 5.74) is 1.11. The van der Waals surface area contributed by atoms with Crippen LogP contribution in [0, 0.1) is 18.7 Å². The summed E-state index contributed by atoms with van der Waals surface area (Å²) in [4.78, 5) is 40.6. The molecule has 1 heterocycles. The van der Waals surface area contributed by atoms with E-state index < -0.39 is 24.0 Å². The second-order valence-electron chi connectivity index (χ2n) is 6.58. The van der Waals surface area contributed by atoms with Gasteiger partial charge in [0.1, 0.15) is 15.7 Å². The summed E-state index contributed by atoms with van der Waals surface area (Å²) >= 11 is 1.09. The van der Waals surface area contributed by atoms with Crippen LogP contribution in [0.5, 0.6) is 0 Å². The van der Waals surface area contributed by atoms with Crippen LogP contribution in [-0.4, -0.2) is 35.5 Å². The number of ether oxygens (including phenoxy) is 1. The molecule has 1 atom stereocenters. The van der Waals surface area contributed by atoms with Gasteiger partial charge in [0.2, 0.25) is 0 Å². The van der Waals surface area contributed by atoms with Crippen LogP contribution < -0.4 is 10.6 Å². The number of aryl methyl sites for hydroxylation is 1. The van der Waals surface area contributed by atoms with Crippen molar-refractivity contribution in [1.82, 2.24) is 15.6 Å². The van der Waals surface area contributed by atoms with E-state index >= 15 is 0 Å². The molecule has 2 rings (SSSR count). The van der Waals surface area contributed by atoms with Gasteiger partial charge in [0.15, 0.2) is 6.10 Å². The standard InChI is InChI=1S/C19H22FN3O4S/c1-10(2)9-21-19(26)23-16(24)12(4)27-18(25)15-11(3)22-17(28-15)13-5-7-14(20)8-6-13/h5-8,10,12H,9H2,1-4H3,(H2,21,23,24,26). The lowest BCUT2D eigenvalue weighted by atomic mass is 10.2. The van der Waals surface area contributed by atoms with Gasteiger partial charge in [-0.25, -0.2) is 19.0 Å². The Kier molecular flexibility index (Phi) is 7.22. The van der Waals surface area contributed by atoms with Crippen molar-refractivity contribution in [3.8, 4) is 10.6 Å². The van der Waals surface area contributed by atoms with Crippen LogP contribution in [0.15, 0.2) is 24.3 Å². The van der Waals surface area contributed by atoms with Crippen LogP contribution in [-0.2, 0) is 9.53 Å². The van der Waals surface area contributed by atoms with Crippen molar-refractivity contribution in [1.29, 1.82) is 0 Å². The summed E-state index contributed by atoms with van der Waals surface area (Å²) < 4.78 is 18.2. The number of amides is 3. The summed E-state index contributed by atoms with van der Waals surface area (Å²) in [5.74, 6) is -1.57. The predicted molar refractivity (Wildman–Crippen MR) is 104 cm³/mol.